The lowest BCUT2D eigenvalue weighted by molar-refractivity contribution is 1.02. The summed E-state index contributed by atoms with van der Waals surface area (Å²) in [6.07, 6.45) is 6.83. The van der Waals surface area contributed by atoms with Gasteiger partial charge in [-0.2, -0.15) is 0 Å². The molecule has 9 aromatic rings. The van der Waals surface area contributed by atoms with Gasteiger partial charge in [-0.25, -0.2) is 0 Å². The van der Waals surface area contributed by atoms with E-state index in [0.29, 0.717) is 0 Å². The Hall–Kier alpha value is -6.94. The lowest BCUT2D eigenvalue weighted by Crippen LogP contribution is -2.13. The number of fused-ring (bicyclic) bond motifs is 3. The summed E-state index contributed by atoms with van der Waals surface area (Å²) in [7, 11) is 0. The molecule has 8 aromatic carbocycles. The number of thiophene rings is 1. The summed E-state index contributed by atoms with van der Waals surface area (Å²) in [6.45, 7) is 2.14. The van der Waals surface area contributed by atoms with E-state index in [9.17, 15) is 0 Å². The van der Waals surface area contributed by atoms with Crippen LogP contribution in [0.15, 0.2) is 206 Å². The quantitative estimate of drug-likeness (QED) is 0.144. The third kappa shape index (κ3) is 6.91. The van der Waals surface area contributed by atoms with Gasteiger partial charge in [0, 0.05) is 38.7 Å². The molecule has 1 aromatic heterocycles. The molecule has 1 heterocycles. The van der Waals surface area contributed by atoms with E-state index in [0.717, 1.165) is 41.3 Å². The topological polar surface area (TPSA) is 6.48 Å². The molecular formula is C55H42N2S. The monoisotopic (exact) mass is 762 g/mol. The second-order valence-electron chi connectivity index (χ2n) is 15.0. The Morgan fingerprint density at radius 2 is 0.914 bits per heavy atom. The molecule has 278 valence electrons. The first-order chi connectivity index (χ1) is 28.7. The molecule has 0 atom stereocenters. The van der Waals surface area contributed by atoms with E-state index in [1.165, 1.54) is 65.2 Å². The van der Waals surface area contributed by atoms with Gasteiger partial charge in [0.25, 0.3) is 0 Å². The number of nitrogens with zero attached hydrogens (tertiary/aromatic N) is 2. The van der Waals surface area contributed by atoms with Gasteiger partial charge in [0.05, 0.1) is 10.4 Å². The van der Waals surface area contributed by atoms with Crippen LogP contribution in [0.3, 0.4) is 0 Å². The third-order valence-electron chi connectivity index (χ3n) is 11.2. The van der Waals surface area contributed by atoms with Gasteiger partial charge in [-0.15, -0.1) is 11.3 Å². The summed E-state index contributed by atoms with van der Waals surface area (Å²) >= 11 is 1.95. The van der Waals surface area contributed by atoms with E-state index in [-0.39, 0.29) is 0 Å². The van der Waals surface area contributed by atoms with Crippen molar-refractivity contribution in [3.63, 3.8) is 0 Å². The minimum absolute atomic E-state index is 1.08. The number of benzene rings is 8. The van der Waals surface area contributed by atoms with Crippen LogP contribution in [0.5, 0.6) is 0 Å². The zero-order chi connectivity index (χ0) is 38.8. The Morgan fingerprint density at radius 3 is 1.53 bits per heavy atom. The normalized spacial score (nSPS) is 12.0. The van der Waals surface area contributed by atoms with Gasteiger partial charge in [0.15, 0.2) is 0 Å². The van der Waals surface area contributed by atoms with Gasteiger partial charge in [-0.3, -0.25) is 0 Å². The fourth-order valence-corrected chi connectivity index (χ4v) is 9.54. The van der Waals surface area contributed by atoms with Crippen molar-refractivity contribution in [2.24, 2.45) is 0 Å². The summed E-state index contributed by atoms with van der Waals surface area (Å²) in [5.74, 6) is 0. The largest absolute Gasteiger partial charge is 0.310 e. The van der Waals surface area contributed by atoms with E-state index < -0.39 is 0 Å². The number of hydrogen-bond donors (Lipinski definition) is 0. The predicted molar refractivity (Wildman–Crippen MR) is 250 cm³/mol. The van der Waals surface area contributed by atoms with Crippen LogP contribution >= 0.6 is 11.3 Å². The molecule has 0 spiro atoms. The Bertz CT molecular complexity index is 2810. The second-order valence-corrected chi connectivity index (χ2v) is 16.1. The van der Waals surface area contributed by atoms with E-state index in [4.69, 9.17) is 0 Å². The molecule has 0 saturated carbocycles. The van der Waals surface area contributed by atoms with Crippen LogP contribution in [0, 0.1) is 6.92 Å². The first kappa shape index (κ1) is 35.5. The van der Waals surface area contributed by atoms with Crippen molar-refractivity contribution in [3.05, 3.63) is 222 Å². The smallest absolute Gasteiger partial charge is 0.0640 e. The highest BCUT2D eigenvalue weighted by Gasteiger charge is 2.22. The summed E-state index contributed by atoms with van der Waals surface area (Å²) < 4.78 is 1.31. The molecule has 0 aliphatic heterocycles. The molecule has 10 rings (SSSR count). The minimum atomic E-state index is 1.08. The van der Waals surface area contributed by atoms with Crippen molar-refractivity contribution in [1.29, 1.82) is 0 Å². The van der Waals surface area contributed by atoms with E-state index in [1.807, 2.05) is 11.3 Å². The second kappa shape index (κ2) is 15.5. The lowest BCUT2D eigenvalue weighted by atomic mass is 10.0. The van der Waals surface area contributed by atoms with Crippen LogP contribution in [0.1, 0.15) is 22.4 Å². The van der Waals surface area contributed by atoms with Gasteiger partial charge in [0.1, 0.15) is 0 Å². The molecule has 0 fully saturated rings. The molecule has 1 aliphatic rings. The number of anilines is 6. The molecule has 2 nitrogen and oxygen atoms in total. The SMILES string of the molecule is Cc1ccc(-c2ccc(N(c3cccc(N(c4cccc(-c5ccccc5)c4)c4cccc(-c5ccccc5)c4)c3)c3cccc4c5c(sc34)CCC=C5)cc2)cc1. The van der Waals surface area contributed by atoms with Gasteiger partial charge < -0.3 is 9.80 Å². The molecule has 0 amide bonds. The summed E-state index contributed by atoms with van der Waals surface area (Å²) in [6, 6.07) is 72.8. The maximum absolute atomic E-state index is 2.45. The Labute approximate surface area is 345 Å². The Balaban J connectivity index is 1.15. The van der Waals surface area contributed by atoms with E-state index in [1.54, 1.807) is 0 Å². The third-order valence-corrected chi connectivity index (χ3v) is 12.5. The van der Waals surface area contributed by atoms with Crippen LogP contribution in [0.4, 0.5) is 34.1 Å². The first-order valence-electron chi connectivity index (χ1n) is 20.1. The average Bonchev–Trinajstić information content (AvgIpc) is 3.68. The highest BCUT2D eigenvalue weighted by molar-refractivity contribution is 7.20. The van der Waals surface area contributed by atoms with Gasteiger partial charge in [-0.1, -0.05) is 157 Å². The fraction of sp³-hybridized carbons (Fsp3) is 0.0545. The predicted octanol–water partition coefficient (Wildman–Crippen LogP) is 16.1. The Kier molecular flexibility index (Phi) is 9.50. The summed E-state index contributed by atoms with van der Waals surface area (Å²) in [4.78, 5) is 6.32. The van der Waals surface area contributed by atoms with Crippen molar-refractivity contribution in [2.75, 3.05) is 9.80 Å². The number of aryl methyl sites for hydroxylation is 2. The molecule has 0 N–H and O–H groups in total. The minimum Gasteiger partial charge on any atom is -0.310 e. The Morgan fingerprint density at radius 1 is 0.414 bits per heavy atom. The number of rotatable bonds is 9. The molecule has 0 unspecified atom stereocenters. The molecule has 0 saturated heterocycles. The van der Waals surface area contributed by atoms with Crippen molar-refractivity contribution < 1.29 is 0 Å². The van der Waals surface area contributed by atoms with E-state index >= 15 is 0 Å². The van der Waals surface area contributed by atoms with Gasteiger partial charge >= 0.3 is 0 Å². The van der Waals surface area contributed by atoms with Gasteiger partial charge in [0.2, 0.25) is 0 Å². The lowest BCUT2D eigenvalue weighted by Gasteiger charge is -2.30. The van der Waals surface area contributed by atoms with Crippen molar-refractivity contribution in [1.82, 2.24) is 0 Å². The summed E-state index contributed by atoms with van der Waals surface area (Å²) in [5.41, 5.74) is 16.5. The molecule has 3 heteroatoms. The average molecular weight is 763 g/mol. The molecule has 1 aliphatic carbocycles. The van der Waals surface area contributed by atoms with Crippen LogP contribution in [-0.2, 0) is 6.42 Å². The van der Waals surface area contributed by atoms with Crippen molar-refractivity contribution in [3.8, 4) is 33.4 Å². The molecule has 58 heavy (non-hydrogen) atoms. The highest BCUT2D eigenvalue weighted by Crippen LogP contribution is 2.47. The number of allylic oxidation sites excluding steroid dienone is 1. The van der Waals surface area contributed by atoms with Crippen molar-refractivity contribution >= 4 is 61.6 Å². The standard InChI is InChI=1S/C55H42N2S/c1-39-28-30-42(31-29-39)43-32-34-46(35-33-43)57(53-26-13-25-52-51-24-8-9-27-54(51)58-55(52)53)50-23-12-22-49(38-50)56(47-20-10-18-44(36-47)40-14-4-2-5-15-40)48-21-11-19-45(37-48)41-16-6-3-7-17-41/h2-8,10-26,28-38H,9,27H2,1H3. The van der Waals surface area contributed by atoms with Crippen LogP contribution < -0.4 is 9.80 Å². The maximum Gasteiger partial charge on any atom is 0.0640 e. The van der Waals surface area contributed by atoms with Crippen LogP contribution in [0.2, 0.25) is 0 Å². The molecular weight excluding hydrogens is 721 g/mol. The van der Waals surface area contributed by atoms with Gasteiger partial charge in [-0.05, 0) is 119 Å². The van der Waals surface area contributed by atoms with Crippen LogP contribution in [-0.4, -0.2) is 0 Å². The molecule has 0 bridgehead atoms. The van der Waals surface area contributed by atoms with E-state index in [2.05, 4.69) is 229 Å². The first-order valence-corrected chi connectivity index (χ1v) is 20.9. The fourth-order valence-electron chi connectivity index (χ4n) is 8.24. The molecule has 0 radical (unpaired) electrons. The highest BCUT2D eigenvalue weighted by atomic mass is 32.1. The summed E-state index contributed by atoms with van der Waals surface area (Å²) in [5, 5.41) is 1.32. The number of hydrogen-bond acceptors (Lipinski definition) is 3. The zero-order valence-corrected chi connectivity index (χ0v) is 33.2. The van der Waals surface area contributed by atoms with Crippen molar-refractivity contribution in [2.45, 2.75) is 19.8 Å². The van der Waals surface area contributed by atoms with Crippen LogP contribution in [0.25, 0.3) is 49.5 Å². The maximum atomic E-state index is 2.45. The zero-order valence-electron chi connectivity index (χ0n) is 32.4.